The van der Waals surface area contributed by atoms with Crippen LogP contribution in [0.1, 0.15) is 18.5 Å². The van der Waals surface area contributed by atoms with E-state index in [9.17, 15) is 9.59 Å². The van der Waals surface area contributed by atoms with Gasteiger partial charge in [-0.25, -0.2) is 9.67 Å². The predicted octanol–water partition coefficient (Wildman–Crippen LogP) is 0.560. The molecule has 0 bridgehead atoms. The second-order valence-electron chi connectivity index (χ2n) is 7.31. The van der Waals surface area contributed by atoms with Crippen LogP contribution in [0.15, 0.2) is 47.8 Å². The number of rotatable bonds is 6. The summed E-state index contributed by atoms with van der Waals surface area (Å²) in [7, 11) is 0. The highest BCUT2D eigenvalue weighted by molar-refractivity contribution is 5.78. The molecule has 1 amide bonds. The lowest BCUT2D eigenvalue weighted by molar-refractivity contribution is -0.125. The highest BCUT2D eigenvalue weighted by Crippen LogP contribution is 2.22. The maximum absolute atomic E-state index is 12.5. The van der Waals surface area contributed by atoms with E-state index < -0.39 is 0 Å². The topological polar surface area (TPSA) is 111 Å². The maximum Gasteiger partial charge on any atom is 0.253 e. The van der Waals surface area contributed by atoms with E-state index in [1.165, 1.54) is 17.0 Å². The van der Waals surface area contributed by atoms with Gasteiger partial charge in [-0.2, -0.15) is 5.10 Å². The molecular weight excluding hydrogens is 384 g/mol. The number of piperidine rings is 1. The Morgan fingerprint density at radius 3 is 2.63 bits per heavy atom. The number of aromatic nitrogens is 6. The minimum absolute atomic E-state index is 0.0304. The van der Waals surface area contributed by atoms with Crippen molar-refractivity contribution in [3.05, 3.63) is 59.0 Å². The fourth-order valence-electron chi connectivity index (χ4n) is 3.51. The van der Waals surface area contributed by atoms with Gasteiger partial charge in [-0.05, 0) is 38.0 Å². The summed E-state index contributed by atoms with van der Waals surface area (Å²) in [6, 6.07) is 7.14. The molecule has 10 heteroatoms. The van der Waals surface area contributed by atoms with E-state index in [0.29, 0.717) is 24.6 Å². The predicted molar refractivity (Wildman–Crippen MR) is 110 cm³/mol. The van der Waals surface area contributed by atoms with Crippen molar-refractivity contribution in [2.75, 3.05) is 24.5 Å². The normalized spacial score (nSPS) is 14.6. The molecular formula is C20H24N8O2. The van der Waals surface area contributed by atoms with Gasteiger partial charge in [-0.15, -0.1) is 10.2 Å². The van der Waals surface area contributed by atoms with Crippen molar-refractivity contribution in [2.24, 2.45) is 5.92 Å². The summed E-state index contributed by atoms with van der Waals surface area (Å²) in [5, 5.41) is 15.6. The Hall–Kier alpha value is -3.56. The molecule has 1 fully saturated rings. The summed E-state index contributed by atoms with van der Waals surface area (Å²) in [5.74, 6) is 1.46. The molecule has 10 nitrogen and oxygen atoms in total. The Morgan fingerprint density at radius 1 is 1.20 bits per heavy atom. The summed E-state index contributed by atoms with van der Waals surface area (Å²) in [6.07, 6.45) is 6.53. The smallest absolute Gasteiger partial charge is 0.253 e. The summed E-state index contributed by atoms with van der Waals surface area (Å²) in [4.78, 5) is 30.6. The van der Waals surface area contributed by atoms with E-state index in [1.54, 1.807) is 17.8 Å². The van der Waals surface area contributed by atoms with Crippen LogP contribution in [0.2, 0.25) is 0 Å². The lowest BCUT2D eigenvalue weighted by atomic mass is 9.96. The van der Waals surface area contributed by atoms with Crippen molar-refractivity contribution >= 4 is 11.7 Å². The van der Waals surface area contributed by atoms with Crippen molar-refractivity contribution in [1.82, 2.24) is 34.8 Å². The van der Waals surface area contributed by atoms with Crippen LogP contribution in [0, 0.1) is 12.8 Å². The monoisotopic (exact) mass is 408 g/mol. The molecule has 0 saturated carbocycles. The van der Waals surface area contributed by atoms with E-state index in [0.717, 1.165) is 31.7 Å². The summed E-state index contributed by atoms with van der Waals surface area (Å²) < 4.78 is 3.16. The van der Waals surface area contributed by atoms with Gasteiger partial charge in [-0.3, -0.25) is 14.2 Å². The van der Waals surface area contributed by atoms with Crippen molar-refractivity contribution in [1.29, 1.82) is 0 Å². The Balaban J connectivity index is 1.24. The number of nitrogens with one attached hydrogen (secondary N) is 1. The zero-order valence-electron chi connectivity index (χ0n) is 16.8. The molecule has 1 saturated heterocycles. The average Bonchev–Trinajstić information content (AvgIpc) is 3.30. The van der Waals surface area contributed by atoms with Crippen LogP contribution in [0.4, 0.5) is 5.82 Å². The average molecular weight is 408 g/mol. The highest BCUT2D eigenvalue weighted by Gasteiger charge is 2.25. The van der Waals surface area contributed by atoms with E-state index in [1.807, 2.05) is 24.4 Å². The molecule has 156 valence electrons. The van der Waals surface area contributed by atoms with Gasteiger partial charge in [0, 0.05) is 56.3 Å². The van der Waals surface area contributed by atoms with Crippen LogP contribution >= 0.6 is 0 Å². The van der Waals surface area contributed by atoms with Gasteiger partial charge < -0.3 is 10.2 Å². The van der Waals surface area contributed by atoms with Gasteiger partial charge in [0.2, 0.25) is 5.91 Å². The lowest BCUT2D eigenvalue weighted by Crippen LogP contribution is -2.42. The molecule has 3 aromatic rings. The molecule has 1 aliphatic rings. The molecule has 3 aromatic heterocycles. The Bertz CT molecular complexity index is 1040. The van der Waals surface area contributed by atoms with E-state index >= 15 is 0 Å². The molecule has 4 heterocycles. The van der Waals surface area contributed by atoms with Crippen LogP contribution in [0.5, 0.6) is 0 Å². The largest absolute Gasteiger partial charge is 0.355 e. The van der Waals surface area contributed by atoms with Gasteiger partial charge in [0.1, 0.15) is 0 Å². The molecule has 1 aliphatic heterocycles. The van der Waals surface area contributed by atoms with Crippen molar-refractivity contribution in [3.8, 4) is 5.82 Å². The first-order valence-electron chi connectivity index (χ1n) is 9.99. The minimum atomic E-state index is -0.107. The Morgan fingerprint density at radius 2 is 1.97 bits per heavy atom. The molecule has 30 heavy (non-hydrogen) atoms. The van der Waals surface area contributed by atoms with Crippen molar-refractivity contribution < 1.29 is 4.79 Å². The molecule has 0 unspecified atom stereocenters. The Labute approximate surface area is 173 Å². The third-order valence-corrected chi connectivity index (χ3v) is 5.23. The van der Waals surface area contributed by atoms with E-state index in [4.69, 9.17) is 0 Å². The summed E-state index contributed by atoms with van der Waals surface area (Å²) in [5.41, 5.74) is 0.581. The number of anilines is 1. The van der Waals surface area contributed by atoms with Gasteiger partial charge in [0.15, 0.2) is 11.6 Å². The molecule has 0 aliphatic carbocycles. The zero-order valence-corrected chi connectivity index (χ0v) is 16.8. The summed E-state index contributed by atoms with van der Waals surface area (Å²) >= 11 is 0. The molecule has 0 spiro atoms. The molecule has 0 aromatic carbocycles. The van der Waals surface area contributed by atoms with Gasteiger partial charge in [-0.1, -0.05) is 0 Å². The van der Waals surface area contributed by atoms with Crippen LogP contribution < -0.4 is 15.8 Å². The first-order chi connectivity index (χ1) is 14.6. The molecule has 4 rings (SSSR count). The number of carbonyl (C=O) groups excluding carboxylic acids is 1. The highest BCUT2D eigenvalue weighted by atomic mass is 16.2. The van der Waals surface area contributed by atoms with Gasteiger partial charge >= 0.3 is 0 Å². The molecule has 0 atom stereocenters. The Kier molecular flexibility index (Phi) is 5.82. The zero-order chi connectivity index (χ0) is 20.9. The third-order valence-electron chi connectivity index (χ3n) is 5.23. The summed E-state index contributed by atoms with van der Waals surface area (Å²) in [6.45, 7) is 4.09. The molecule has 1 N–H and O–H groups in total. The van der Waals surface area contributed by atoms with Crippen LogP contribution in [-0.2, 0) is 11.3 Å². The number of hydrogen-bond acceptors (Lipinski definition) is 7. The third kappa shape index (κ3) is 4.53. The quantitative estimate of drug-likeness (QED) is 0.634. The second-order valence-corrected chi connectivity index (χ2v) is 7.31. The lowest BCUT2D eigenvalue weighted by Gasteiger charge is -2.31. The van der Waals surface area contributed by atoms with Crippen LogP contribution in [0.3, 0.4) is 0 Å². The molecule has 0 radical (unpaired) electrons. The number of aryl methyl sites for hydroxylation is 1. The van der Waals surface area contributed by atoms with Crippen molar-refractivity contribution in [2.45, 2.75) is 26.3 Å². The first-order valence-corrected chi connectivity index (χ1v) is 9.99. The van der Waals surface area contributed by atoms with Crippen LogP contribution in [-0.4, -0.2) is 55.1 Å². The van der Waals surface area contributed by atoms with Gasteiger partial charge in [0.05, 0.1) is 6.33 Å². The van der Waals surface area contributed by atoms with E-state index in [2.05, 4.69) is 30.5 Å². The number of amides is 1. The van der Waals surface area contributed by atoms with Gasteiger partial charge in [0.25, 0.3) is 5.56 Å². The number of carbonyl (C=O) groups is 1. The first kappa shape index (κ1) is 19.7. The second kappa shape index (κ2) is 8.85. The van der Waals surface area contributed by atoms with Crippen LogP contribution in [0.25, 0.3) is 5.82 Å². The SMILES string of the molecule is Cc1cc(=O)n(CCNC(=O)C2CCN(c3ccc(-n4cccn4)nn3)CC2)cn1. The number of nitrogens with zero attached hydrogens (tertiary/aromatic N) is 7. The van der Waals surface area contributed by atoms with E-state index in [-0.39, 0.29) is 17.4 Å². The fraction of sp³-hybridized carbons (Fsp3) is 0.400. The maximum atomic E-state index is 12.5. The minimum Gasteiger partial charge on any atom is -0.355 e. The number of hydrogen-bond donors (Lipinski definition) is 1. The standard InChI is InChI=1S/C20H24N8O2/c1-15-13-19(29)27(14-22-15)12-8-21-20(30)16-5-10-26(11-6-16)17-3-4-18(25-24-17)28-9-2-7-23-28/h2-4,7,9,13-14,16H,5-6,8,10-12H2,1H3,(H,21,30). The fourth-order valence-corrected chi connectivity index (χ4v) is 3.51. The van der Waals surface area contributed by atoms with Crippen molar-refractivity contribution in [3.63, 3.8) is 0 Å².